The third-order valence-corrected chi connectivity index (χ3v) is 3.05. The second-order valence-electron chi connectivity index (χ2n) is 4.41. The molecule has 2 N–H and O–H groups in total. The first kappa shape index (κ1) is 10.5. The number of aromatic nitrogens is 3. The minimum absolute atomic E-state index is 0.401. The maximum atomic E-state index is 9.56. The second-order valence-corrected chi connectivity index (χ2v) is 4.41. The number of β-amino-alcohol motifs (C(OH)–C–C–N with tert-alkyl or cyclic N) is 2. The molecule has 0 aliphatic carbocycles. The Balaban J connectivity index is 2.05. The van der Waals surface area contributed by atoms with Crippen molar-refractivity contribution in [3.05, 3.63) is 24.2 Å². The van der Waals surface area contributed by atoms with E-state index < -0.39 is 12.2 Å². The van der Waals surface area contributed by atoms with Gasteiger partial charge in [-0.1, -0.05) is 0 Å². The van der Waals surface area contributed by atoms with Crippen LogP contribution < -0.4 is 4.90 Å². The second kappa shape index (κ2) is 3.68. The van der Waals surface area contributed by atoms with Crippen molar-refractivity contribution in [1.29, 1.82) is 0 Å². The Morgan fingerprint density at radius 3 is 2.71 bits per heavy atom. The van der Waals surface area contributed by atoms with E-state index in [1.54, 1.807) is 16.9 Å². The first-order valence-electron chi connectivity index (χ1n) is 5.57. The molecule has 6 heteroatoms. The van der Waals surface area contributed by atoms with Gasteiger partial charge in [-0.05, 0) is 13.0 Å². The van der Waals surface area contributed by atoms with Gasteiger partial charge in [-0.2, -0.15) is 5.10 Å². The predicted octanol–water partition coefficient (Wildman–Crippen LogP) is -0.420. The lowest BCUT2D eigenvalue weighted by atomic mass is 10.3. The molecule has 0 spiro atoms. The van der Waals surface area contributed by atoms with Gasteiger partial charge in [0.25, 0.3) is 0 Å². The van der Waals surface area contributed by atoms with Gasteiger partial charge in [0, 0.05) is 25.5 Å². The van der Waals surface area contributed by atoms with Crippen LogP contribution in [0.25, 0.3) is 5.52 Å². The molecule has 3 heterocycles. The van der Waals surface area contributed by atoms with E-state index in [1.807, 2.05) is 17.9 Å². The summed E-state index contributed by atoms with van der Waals surface area (Å²) in [5, 5.41) is 23.4. The van der Waals surface area contributed by atoms with Gasteiger partial charge in [0.1, 0.15) is 5.52 Å². The van der Waals surface area contributed by atoms with Crippen LogP contribution in [0.3, 0.4) is 0 Å². The van der Waals surface area contributed by atoms with Crippen molar-refractivity contribution in [2.45, 2.75) is 19.1 Å². The highest BCUT2D eigenvalue weighted by Crippen LogP contribution is 2.23. The van der Waals surface area contributed by atoms with Crippen LogP contribution in [0.5, 0.6) is 0 Å². The summed E-state index contributed by atoms with van der Waals surface area (Å²) >= 11 is 0. The van der Waals surface area contributed by atoms with Crippen molar-refractivity contribution in [1.82, 2.24) is 14.6 Å². The number of anilines is 1. The molecule has 2 atom stereocenters. The molecule has 1 saturated heterocycles. The Kier molecular flexibility index (Phi) is 2.27. The average molecular weight is 234 g/mol. The zero-order valence-electron chi connectivity index (χ0n) is 9.48. The summed E-state index contributed by atoms with van der Waals surface area (Å²) in [6, 6.07) is 1.94. The van der Waals surface area contributed by atoms with Crippen molar-refractivity contribution in [3.63, 3.8) is 0 Å². The van der Waals surface area contributed by atoms with Crippen LogP contribution in [0.15, 0.2) is 18.5 Å². The zero-order chi connectivity index (χ0) is 12.0. The van der Waals surface area contributed by atoms with Gasteiger partial charge in [-0.3, -0.25) is 0 Å². The molecule has 17 heavy (non-hydrogen) atoms. The lowest BCUT2D eigenvalue weighted by Crippen LogP contribution is -2.22. The molecule has 1 aliphatic heterocycles. The van der Waals surface area contributed by atoms with Crippen molar-refractivity contribution < 1.29 is 10.2 Å². The van der Waals surface area contributed by atoms with E-state index in [0.717, 1.165) is 17.0 Å². The Hall–Kier alpha value is -1.66. The Bertz CT molecular complexity index is 543. The quantitative estimate of drug-likeness (QED) is 0.701. The highest BCUT2D eigenvalue weighted by atomic mass is 16.3. The van der Waals surface area contributed by atoms with Crippen molar-refractivity contribution in [2.24, 2.45) is 0 Å². The van der Waals surface area contributed by atoms with Crippen molar-refractivity contribution in [3.8, 4) is 0 Å². The smallest absolute Gasteiger partial charge is 0.154 e. The summed E-state index contributed by atoms with van der Waals surface area (Å²) in [4.78, 5) is 6.19. The molecule has 0 amide bonds. The van der Waals surface area contributed by atoms with E-state index >= 15 is 0 Å². The molecule has 2 unspecified atom stereocenters. The van der Waals surface area contributed by atoms with Gasteiger partial charge in [0.2, 0.25) is 0 Å². The van der Waals surface area contributed by atoms with Gasteiger partial charge in [0.05, 0.1) is 17.9 Å². The summed E-state index contributed by atoms with van der Waals surface area (Å²) in [7, 11) is 0. The average Bonchev–Trinajstić information content (AvgIpc) is 2.81. The van der Waals surface area contributed by atoms with E-state index in [-0.39, 0.29) is 0 Å². The summed E-state index contributed by atoms with van der Waals surface area (Å²) in [6.45, 7) is 2.72. The van der Waals surface area contributed by atoms with Gasteiger partial charge >= 0.3 is 0 Å². The third-order valence-electron chi connectivity index (χ3n) is 3.05. The number of nitrogens with zero attached hydrogens (tertiary/aromatic N) is 4. The van der Waals surface area contributed by atoms with Gasteiger partial charge in [-0.25, -0.2) is 9.50 Å². The first-order chi connectivity index (χ1) is 8.15. The summed E-state index contributed by atoms with van der Waals surface area (Å²) < 4.78 is 1.76. The van der Waals surface area contributed by atoms with Gasteiger partial charge in [0.15, 0.2) is 5.82 Å². The highest BCUT2D eigenvalue weighted by Gasteiger charge is 2.31. The minimum atomic E-state index is -0.707. The molecule has 0 aromatic carbocycles. The monoisotopic (exact) mass is 234 g/mol. The number of aliphatic hydroxyl groups excluding tert-OH is 2. The lowest BCUT2D eigenvalue weighted by molar-refractivity contribution is 0.0572. The fraction of sp³-hybridized carbons (Fsp3) is 0.455. The predicted molar refractivity (Wildman–Crippen MR) is 62.0 cm³/mol. The fourth-order valence-electron chi connectivity index (χ4n) is 2.22. The summed E-state index contributed by atoms with van der Waals surface area (Å²) in [6.07, 6.45) is 2.04. The van der Waals surface area contributed by atoms with Gasteiger partial charge < -0.3 is 15.1 Å². The number of fused-ring (bicyclic) bond motifs is 1. The Morgan fingerprint density at radius 2 is 2.00 bits per heavy atom. The third kappa shape index (κ3) is 1.65. The molecule has 0 radical (unpaired) electrons. The largest absolute Gasteiger partial charge is 0.389 e. The van der Waals surface area contributed by atoms with Crippen LogP contribution in [-0.2, 0) is 0 Å². The van der Waals surface area contributed by atoms with Crippen molar-refractivity contribution >= 4 is 11.3 Å². The molecular weight excluding hydrogens is 220 g/mol. The molecule has 0 saturated carbocycles. The van der Waals surface area contributed by atoms with E-state index in [4.69, 9.17) is 0 Å². The molecule has 1 aliphatic rings. The molecule has 0 bridgehead atoms. The molecule has 90 valence electrons. The van der Waals surface area contributed by atoms with Crippen LogP contribution in [0.2, 0.25) is 0 Å². The number of hydrogen-bond donors (Lipinski definition) is 2. The minimum Gasteiger partial charge on any atom is -0.389 e. The van der Waals surface area contributed by atoms with Crippen LogP contribution >= 0.6 is 0 Å². The van der Waals surface area contributed by atoms with E-state index in [2.05, 4.69) is 10.1 Å². The Labute approximate surface area is 98.1 Å². The summed E-state index contributed by atoms with van der Waals surface area (Å²) in [5.41, 5.74) is 1.81. The standard InChI is InChI=1S/C11H14N4O2/c1-7-4-8-11(12-2-3-15(8)13-7)14-5-9(16)10(17)6-14/h2-4,9-10,16-17H,5-6H2,1H3. The molecule has 2 aromatic heterocycles. The van der Waals surface area contributed by atoms with Crippen LogP contribution in [0.4, 0.5) is 5.82 Å². The molecule has 6 nitrogen and oxygen atoms in total. The topological polar surface area (TPSA) is 73.9 Å². The van der Waals surface area contributed by atoms with E-state index in [9.17, 15) is 10.2 Å². The van der Waals surface area contributed by atoms with Crippen LogP contribution in [0.1, 0.15) is 5.69 Å². The van der Waals surface area contributed by atoms with E-state index in [1.165, 1.54) is 0 Å². The Morgan fingerprint density at radius 1 is 1.29 bits per heavy atom. The SMILES string of the molecule is Cc1cc2c(N3CC(O)C(O)C3)nccn2n1. The van der Waals surface area contributed by atoms with Gasteiger partial charge in [-0.15, -0.1) is 0 Å². The molecule has 2 aromatic rings. The maximum absolute atomic E-state index is 9.56. The normalized spacial score (nSPS) is 24.8. The number of aliphatic hydroxyl groups is 2. The number of hydrogen-bond acceptors (Lipinski definition) is 5. The zero-order valence-corrected chi connectivity index (χ0v) is 9.48. The van der Waals surface area contributed by atoms with Crippen LogP contribution in [0, 0.1) is 6.92 Å². The first-order valence-corrected chi connectivity index (χ1v) is 5.57. The molecule has 1 fully saturated rings. The summed E-state index contributed by atoms with van der Waals surface area (Å²) in [5.74, 6) is 0.753. The number of rotatable bonds is 1. The number of aryl methyl sites for hydroxylation is 1. The van der Waals surface area contributed by atoms with Crippen molar-refractivity contribution in [2.75, 3.05) is 18.0 Å². The lowest BCUT2D eigenvalue weighted by Gasteiger charge is -2.16. The molecule has 3 rings (SSSR count). The highest BCUT2D eigenvalue weighted by molar-refractivity contribution is 5.69. The maximum Gasteiger partial charge on any atom is 0.154 e. The fourth-order valence-corrected chi connectivity index (χ4v) is 2.22. The molecular formula is C11H14N4O2. The van der Waals surface area contributed by atoms with Crippen LogP contribution in [-0.4, -0.2) is 50.1 Å². The van der Waals surface area contributed by atoms with E-state index in [0.29, 0.717) is 13.1 Å².